The fraction of sp³-hybridized carbons (Fsp3) is 0.714. The van der Waals surface area contributed by atoms with E-state index in [0.29, 0.717) is 0 Å². The Morgan fingerprint density at radius 1 is 1.11 bits per heavy atom. The zero-order chi connectivity index (χ0) is 7.86. The summed E-state index contributed by atoms with van der Waals surface area (Å²) in [5, 5.41) is 0. The Kier molecular flexibility index (Phi) is 9.75. The normalized spacial score (nSPS) is 7.33. The van der Waals surface area contributed by atoms with Crippen molar-refractivity contribution in [3.05, 3.63) is 11.1 Å². The second kappa shape index (κ2) is 7.66. The molecule has 0 aromatic rings. The monoisotopic (exact) mass is 130 g/mol. The van der Waals surface area contributed by atoms with Gasteiger partial charge in [0.1, 0.15) is 0 Å². The van der Waals surface area contributed by atoms with Gasteiger partial charge in [0.05, 0.1) is 0 Å². The Morgan fingerprint density at radius 2 is 1.44 bits per heavy atom. The summed E-state index contributed by atoms with van der Waals surface area (Å²) in [7, 11) is 0. The molecule has 0 amide bonds. The Morgan fingerprint density at radius 3 is 1.44 bits per heavy atom. The van der Waals surface area contributed by atoms with Gasteiger partial charge in [-0.1, -0.05) is 18.1 Å². The molecule has 0 rings (SSSR count). The topological polar surface area (TPSA) is 52.0 Å². The first-order valence-corrected chi connectivity index (χ1v) is 3.14. The smallest absolute Gasteiger partial charge is 0.0349 e. The molecule has 0 saturated carbocycles. The standard InChI is InChI=1S/C7H14.H4N2/c1-5-7(4)6(2)3;1-2/h5H2,1-4H3;1-2H2. The van der Waals surface area contributed by atoms with E-state index in [1.54, 1.807) is 0 Å². The van der Waals surface area contributed by atoms with E-state index in [-0.39, 0.29) is 0 Å². The number of hydrazine groups is 1. The summed E-state index contributed by atoms with van der Waals surface area (Å²) < 4.78 is 0. The van der Waals surface area contributed by atoms with E-state index in [2.05, 4.69) is 39.4 Å². The van der Waals surface area contributed by atoms with Crippen LogP contribution < -0.4 is 11.7 Å². The Hall–Kier alpha value is -0.340. The van der Waals surface area contributed by atoms with Crippen LogP contribution in [0.5, 0.6) is 0 Å². The molecule has 0 heterocycles. The van der Waals surface area contributed by atoms with Crippen LogP contribution in [0.15, 0.2) is 11.1 Å². The molecule has 0 aliphatic carbocycles. The quantitative estimate of drug-likeness (QED) is 0.321. The third-order valence-electron chi connectivity index (χ3n) is 1.38. The molecule has 0 aliphatic rings. The third-order valence-corrected chi connectivity index (χ3v) is 1.38. The van der Waals surface area contributed by atoms with Crippen molar-refractivity contribution >= 4 is 0 Å². The van der Waals surface area contributed by atoms with E-state index >= 15 is 0 Å². The summed E-state index contributed by atoms with van der Waals surface area (Å²) in [5.74, 6) is 8.00. The second-order valence-electron chi connectivity index (χ2n) is 2.13. The molecular weight excluding hydrogens is 112 g/mol. The van der Waals surface area contributed by atoms with Crippen molar-refractivity contribution in [1.82, 2.24) is 0 Å². The van der Waals surface area contributed by atoms with E-state index in [9.17, 15) is 0 Å². The van der Waals surface area contributed by atoms with Crippen molar-refractivity contribution in [2.24, 2.45) is 11.7 Å². The van der Waals surface area contributed by atoms with Gasteiger partial charge in [0.2, 0.25) is 0 Å². The molecule has 0 unspecified atom stereocenters. The molecule has 0 atom stereocenters. The largest absolute Gasteiger partial charge is 0.274 e. The van der Waals surface area contributed by atoms with Crippen LogP contribution in [0.4, 0.5) is 0 Å². The predicted molar refractivity (Wildman–Crippen MR) is 42.7 cm³/mol. The number of hydrogen-bond acceptors (Lipinski definition) is 2. The Labute approximate surface area is 57.9 Å². The lowest BCUT2D eigenvalue weighted by atomic mass is 10.1. The van der Waals surface area contributed by atoms with Crippen molar-refractivity contribution < 1.29 is 0 Å². The van der Waals surface area contributed by atoms with E-state index in [1.165, 1.54) is 17.6 Å². The van der Waals surface area contributed by atoms with Gasteiger partial charge < -0.3 is 0 Å². The maximum atomic E-state index is 4.00. The first-order chi connectivity index (χ1) is 4.18. The van der Waals surface area contributed by atoms with E-state index in [0.717, 1.165) is 0 Å². The van der Waals surface area contributed by atoms with Crippen molar-refractivity contribution in [2.45, 2.75) is 34.1 Å². The molecule has 0 fully saturated rings. The predicted octanol–water partition coefficient (Wildman–Crippen LogP) is 1.57. The summed E-state index contributed by atoms with van der Waals surface area (Å²) in [6.07, 6.45) is 1.20. The fourth-order valence-corrected chi connectivity index (χ4v) is 0.354. The first-order valence-electron chi connectivity index (χ1n) is 3.14. The minimum atomic E-state index is 1.20. The minimum absolute atomic E-state index is 1.20. The maximum absolute atomic E-state index is 4.00. The first kappa shape index (κ1) is 11.5. The van der Waals surface area contributed by atoms with E-state index < -0.39 is 0 Å². The summed E-state index contributed by atoms with van der Waals surface area (Å²) in [6.45, 7) is 8.66. The average Bonchev–Trinajstić information content (AvgIpc) is 1.91. The van der Waals surface area contributed by atoms with Crippen molar-refractivity contribution in [3.8, 4) is 0 Å². The molecular formula is C7H18N2. The molecule has 0 aromatic carbocycles. The van der Waals surface area contributed by atoms with E-state index in [4.69, 9.17) is 0 Å². The zero-order valence-electron chi connectivity index (χ0n) is 6.86. The molecule has 4 N–H and O–H groups in total. The van der Waals surface area contributed by atoms with Crippen LogP contribution in [0, 0.1) is 0 Å². The zero-order valence-corrected chi connectivity index (χ0v) is 6.86. The molecule has 0 bridgehead atoms. The molecule has 0 aliphatic heterocycles. The number of rotatable bonds is 1. The highest BCUT2D eigenvalue weighted by Gasteiger charge is 1.82. The van der Waals surface area contributed by atoms with Gasteiger partial charge in [0.15, 0.2) is 0 Å². The van der Waals surface area contributed by atoms with Crippen LogP contribution >= 0.6 is 0 Å². The van der Waals surface area contributed by atoms with Gasteiger partial charge in [-0.05, 0) is 27.2 Å². The highest BCUT2D eigenvalue weighted by molar-refractivity contribution is 5.05. The number of hydrogen-bond donors (Lipinski definition) is 2. The van der Waals surface area contributed by atoms with Crippen molar-refractivity contribution in [2.75, 3.05) is 0 Å². The van der Waals surface area contributed by atoms with Crippen molar-refractivity contribution in [3.63, 3.8) is 0 Å². The molecule has 9 heavy (non-hydrogen) atoms. The Bertz CT molecular complexity index is 80.9. The SMILES string of the molecule is CCC(C)=C(C)C.NN. The summed E-state index contributed by atoms with van der Waals surface area (Å²) in [6, 6.07) is 0. The average molecular weight is 130 g/mol. The van der Waals surface area contributed by atoms with Gasteiger partial charge in [-0.25, -0.2) is 0 Å². The summed E-state index contributed by atoms with van der Waals surface area (Å²) in [5.41, 5.74) is 2.97. The molecule has 0 saturated heterocycles. The van der Waals surface area contributed by atoms with Gasteiger partial charge >= 0.3 is 0 Å². The maximum Gasteiger partial charge on any atom is -0.0349 e. The van der Waals surface area contributed by atoms with Crippen molar-refractivity contribution in [1.29, 1.82) is 0 Å². The fourth-order valence-electron chi connectivity index (χ4n) is 0.354. The van der Waals surface area contributed by atoms with Gasteiger partial charge in [0.25, 0.3) is 0 Å². The highest BCUT2D eigenvalue weighted by Crippen LogP contribution is 2.04. The minimum Gasteiger partial charge on any atom is -0.274 e. The Balaban J connectivity index is 0. The number of allylic oxidation sites excluding steroid dienone is 2. The summed E-state index contributed by atoms with van der Waals surface area (Å²) >= 11 is 0. The van der Waals surface area contributed by atoms with Gasteiger partial charge in [0, 0.05) is 0 Å². The van der Waals surface area contributed by atoms with E-state index in [1.807, 2.05) is 0 Å². The molecule has 0 aromatic heterocycles. The molecule has 0 radical (unpaired) electrons. The van der Waals surface area contributed by atoms with Crippen LogP contribution in [-0.4, -0.2) is 0 Å². The molecule has 2 heteroatoms. The second-order valence-corrected chi connectivity index (χ2v) is 2.13. The van der Waals surface area contributed by atoms with Gasteiger partial charge in [-0.3, -0.25) is 11.7 Å². The van der Waals surface area contributed by atoms with Gasteiger partial charge in [-0.15, -0.1) is 0 Å². The lowest BCUT2D eigenvalue weighted by Crippen LogP contribution is -2.02. The highest BCUT2D eigenvalue weighted by atomic mass is 15.0. The molecule has 56 valence electrons. The van der Waals surface area contributed by atoms with Gasteiger partial charge in [-0.2, -0.15) is 0 Å². The van der Waals surface area contributed by atoms with Crippen LogP contribution in [0.1, 0.15) is 34.1 Å². The van der Waals surface area contributed by atoms with Crippen LogP contribution in [0.3, 0.4) is 0 Å². The van der Waals surface area contributed by atoms with Crippen LogP contribution in [0.2, 0.25) is 0 Å². The lowest BCUT2D eigenvalue weighted by molar-refractivity contribution is 1.05. The molecule has 2 nitrogen and oxygen atoms in total. The third kappa shape index (κ3) is 7.66. The molecule has 0 spiro atoms. The lowest BCUT2D eigenvalue weighted by Gasteiger charge is -1.94. The van der Waals surface area contributed by atoms with Crippen LogP contribution in [-0.2, 0) is 0 Å². The van der Waals surface area contributed by atoms with Crippen LogP contribution in [0.25, 0.3) is 0 Å². The number of nitrogens with two attached hydrogens (primary N) is 2. The summed E-state index contributed by atoms with van der Waals surface area (Å²) in [4.78, 5) is 0.